The molecule has 1 fully saturated rings. The van der Waals surface area contributed by atoms with Crippen LogP contribution in [0.5, 0.6) is 0 Å². The lowest BCUT2D eigenvalue weighted by Gasteiger charge is -2.19. The summed E-state index contributed by atoms with van der Waals surface area (Å²) in [5.74, 6) is 0. The van der Waals surface area contributed by atoms with Crippen molar-refractivity contribution >= 4 is 0 Å². The molecule has 104 valence electrons. The van der Waals surface area contributed by atoms with Crippen LogP contribution in [0.1, 0.15) is 32.1 Å². The van der Waals surface area contributed by atoms with Crippen molar-refractivity contribution in [3.05, 3.63) is 12.3 Å². The van der Waals surface area contributed by atoms with Crippen LogP contribution in [-0.4, -0.2) is 45.1 Å². The van der Waals surface area contributed by atoms with E-state index in [1.807, 2.05) is 6.26 Å². The van der Waals surface area contributed by atoms with Crippen LogP contribution < -0.4 is 5.32 Å². The van der Waals surface area contributed by atoms with Crippen molar-refractivity contribution < 1.29 is 14.2 Å². The first-order valence-electron chi connectivity index (χ1n) is 7.15. The molecule has 2 aliphatic rings. The van der Waals surface area contributed by atoms with E-state index in [9.17, 15) is 0 Å². The van der Waals surface area contributed by atoms with Gasteiger partial charge in [0.25, 0.3) is 0 Å². The first-order valence-corrected chi connectivity index (χ1v) is 7.15. The molecule has 0 spiro atoms. The summed E-state index contributed by atoms with van der Waals surface area (Å²) in [6.45, 7) is 4.42. The zero-order valence-electron chi connectivity index (χ0n) is 11.1. The highest BCUT2D eigenvalue weighted by atomic mass is 16.5. The summed E-state index contributed by atoms with van der Waals surface area (Å²) in [5.41, 5.74) is 0. The average Bonchev–Trinajstić information content (AvgIpc) is 2.92. The van der Waals surface area contributed by atoms with Gasteiger partial charge in [-0.2, -0.15) is 0 Å². The van der Waals surface area contributed by atoms with Crippen molar-refractivity contribution in [3.63, 3.8) is 0 Å². The molecule has 0 saturated carbocycles. The van der Waals surface area contributed by atoms with Gasteiger partial charge < -0.3 is 19.5 Å². The first-order chi connectivity index (χ1) is 8.95. The average molecular weight is 255 g/mol. The first kappa shape index (κ1) is 13.8. The molecular formula is C14H25NO3. The Balaban J connectivity index is 1.36. The molecule has 0 aromatic heterocycles. The summed E-state index contributed by atoms with van der Waals surface area (Å²) in [5, 5.41) is 3.41. The smallest absolute Gasteiger partial charge is 0.110 e. The zero-order valence-corrected chi connectivity index (χ0v) is 11.1. The summed E-state index contributed by atoms with van der Waals surface area (Å²) in [6.07, 6.45) is 10.3. The molecule has 0 aromatic rings. The van der Waals surface area contributed by atoms with Gasteiger partial charge in [0, 0.05) is 19.8 Å². The standard InChI is InChI=1S/C14H25NO3/c1-2-9-17-13(5-1)11-15-7-4-8-16-12-14-6-3-10-18-14/h2,9,13-15H,1,3-8,10-12H2. The van der Waals surface area contributed by atoms with Crippen molar-refractivity contribution in [2.75, 3.05) is 32.9 Å². The summed E-state index contributed by atoms with van der Waals surface area (Å²) >= 11 is 0. The second-order valence-corrected chi connectivity index (χ2v) is 4.97. The number of allylic oxidation sites excluding steroid dienone is 1. The van der Waals surface area contributed by atoms with E-state index in [1.165, 1.54) is 6.42 Å². The summed E-state index contributed by atoms with van der Waals surface area (Å²) in [7, 11) is 0. The number of ether oxygens (including phenoxy) is 3. The second kappa shape index (κ2) is 8.51. The lowest BCUT2D eigenvalue weighted by molar-refractivity contribution is 0.0164. The molecule has 0 amide bonds. The monoisotopic (exact) mass is 255 g/mol. The van der Waals surface area contributed by atoms with Crippen LogP contribution in [0, 0.1) is 0 Å². The molecule has 18 heavy (non-hydrogen) atoms. The van der Waals surface area contributed by atoms with E-state index in [1.54, 1.807) is 0 Å². The van der Waals surface area contributed by atoms with Crippen LogP contribution in [-0.2, 0) is 14.2 Å². The minimum absolute atomic E-state index is 0.348. The van der Waals surface area contributed by atoms with Crippen LogP contribution in [0.25, 0.3) is 0 Å². The van der Waals surface area contributed by atoms with Gasteiger partial charge in [-0.15, -0.1) is 0 Å². The van der Waals surface area contributed by atoms with Gasteiger partial charge in [0.05, 0.1) is 19.0 Å². The van der Waals surface area contributed by atoms with E-state index in [2.05, 4.69) is 11.4 Å². The lowest BCUT2D eigenvalue weighted by Crippen LogP contribution is -2.30. The third-order valence-corrected chi connectivity index (χ3v) is 3.36. The fourth-order valence-corrected chi connectivity index (χ4v) is 2.29. The minimum atomic E-state index is 0.348. The zero-order chi connectivity index (χ0) is 12.5. The maximum atomic E-state index is 5.60. The second-order valence-electron chi connectivity index (χ2n) is 4.97. The molecule has 0 bridgehead atoms. The van der Waals surface area contributed by atoms with Crippen LogP contribution in [0.2, 0.25) is 0 Å². The Morgan fingerprint density at radius 2 is 2.28 bits per heavy atom. The highest BCUT2D eigenvalue weighted by Gasteiger charge is 2.15. The van der Waals surface area contributed by atoms with Crippen LogP contribution in [0.3, 0.4) is 0 Å². The fourth-order valence-electron chi connectivity index (χ4n) is 2.29. The van der Waals surface area contributed by atoms with E-state index in [4.69, 9.17) is 14.2 Å². The maximum absolute atomic E-state index is 5.60. The summed E-state index contributed by atoms with van der Waals surface area (Å²) in [6, 6.07) is 0. The molecule has 2 atom stereocenters. The molecule has 0 radical (unpaired) electrons. The van der Waals surface area contributed by atoms with Gasteiger partial charge in [0.1, 0.15) is 6.10 Å². The van der Waals surface area contributed by atoms with E-state index in [0.29, 0.717) is 12.2 Å². The summed E-state index contributed by atoms with van der Waals surface area (Å²) in [4.78, 5) is 0. The number of hydrogen-bond donors (Lipinski definition) is 1. The van der Waals surface area contributed by atoms with E-state index < -0.39 is 0 Å². The van der Waals surface area contributed by atoms with Gasteiger partial charge in [-0.05, 0) is 44.7 Å². The Morgan fingerprint density at radius 3 is 3.06 bits per heavy atom. The highest BCUT2D eigenvalue weighted by Crippen LogP contribution is 2.12. The molecular weight excluding hydrogens is 230 g/mol. The summed E-state index contributed by atoms with van der Waals surface area (Å²) < 4.78 is 16.6. The van der Waals surface area contributed by atoms with Gasteiger partial charge in [-0.3, -0.25) is 0 Å². The fraction of sp³-hybridized carbons (Fsp3) is 0.857. The normalized spacial score (nSPS) is 27.3. The minimum Gasteiger partial charge on any atom is -0.497 e. The van der Waals surface area contributed by atoms with Crippen LogP contribution >= 0.6 is 0 Å². The van der Waals surface area contributed by atoms with Crippen molar-refractivity contribution in [3.8, 4) is 0 Å². The van der Waals surface area contributed by atoms with Gasteiger partial charge in [-0.1, -0.05) is 0 Å². The molecule has 4 heteroatoms. The van der Waals surface area contributed by atoms with Crippen molar-refractivity contribution in [2.45, 2.75) is 44.3 Å². The molecule has 0 aliphatic carbocycles. The number of hydrogen-bond acceptors (Lipinski definition) is 4. The highest BCUT2D eigenvalue weighted by molar-refractivity contribution is 4.82. The van der Waals surface area contributed by atoms with Crippen molar-refractivity contribution in [1.82, 2.24) is 5.32 Å². The van der Waals surface area contributed by atoms with Crippen LogP contribution in [0.15, 0.2) is 12.3 Å². The SMILES string of the molecule is C1=COC(CNCCCOCC2CCCO2)CC1. The Morgan fingerprint density at radius 1 is 1.28 bits per heavy atom. The molecule has 1 saturated heterocycles. The molecule has 4 nitrogen and oxygen atoms in total. The Bertz CT molecular complexity index is 239. The predicted molar refractivity (Wildman–Crippen MR) is 70.5 cm³/mol. The molecule has 0 aromatic carbocycles. The number of rotatable bonds is 8. The largest absolute Gasteiger partial charge is 0.497 e. The molecule has 2 unspecified atom stereocenters. The van der Waals surface area contributed by atoms with E-state index >= 15 is 0 Å². The molecule has 2 rings (SSSR count). The topological polar surface area (TPSA) is 39.7 Å². The quantitative estimate of drug-likeness (QED) is 0.672. The van der Waals surface area contributed by atoms with Crippen molar-refractivity contribution in [1.29, 1.82) is 0 Å². The molecule has 2 heterocycles. The third-order valence-electron chi connectivity index (χ3n) is 3.36. The van der Waals surface area contributed by atoms with Gasteiger partial charge in [0.2, 0.25) is 0 Å². The Hall–Kier alpha value is -0.580. The molecule has 1 N–H and O–H groups in total. The predicted octanol–water partition coefficient (Wildman–Crippen LogP) is 1.85. The third kappa shape index (κ3) is 5.38. The van der Waals surface area contributed by atoms with Gasteiger partial charge >= 0.3 is 0 Å². The Labute approximate surface area is 110 Å². The van der Waals surface area contributed by atoms with E-state index in [-0.39, 0.29) is 0 Å². The van der Waals surface area contributed by atoms with Crippen LogP contribution in [0.4, 0.5) is 0 Å². The molecule has 2 aliphatic heterocycles. The lowest BCUT2D eigenvalue weighted by atomic mass is 10.1. The number of nitrogens with one attached hydrogen (secondary N) is 1. The van der Waals surface area contributed by atoms with E-state index in [0.717, 1.165) is 58.6 Å². The van der Waals surface area contributed by atoms with Gasteiger partial charge in [0.15, 0.2) is 0 Å². The maximum Gasteiger partial charge on any atom is 0.110 e. The van der Waals surface area contributed by atoms with Crippen molar-refractivity contribution in [2.24, 2.45) is 0 Å². The van der Waals surface area contributed by atoms with Gasteiger partial charge in [-0.25, -0.2) is 0 Å². The Kier molecular flexibility index (Phi) is 6.54.